The summed E-state index contributed by atoms with van der Waals surface area (Å²) in [6, 6.07) is 8.78. The maximum absolute atomic E-state index is 13.3. The molecule has 0 saturated carbocycles. The number of sulfonamides is 1. The molecule has 3 rings (SSSR count). The number of nitrogens with two attached hydrogens (primary N) is 1. The van der Waals surface area contributed by atoms with Crippen LogP contribution in [0.3, 0.4) is 0 Å². The molecular weight excluding hydrogens is 338 g/mol. The minimum atomic E-state index is -3.57. The third-order valence-corrected chi connectivity index (χ3v) is 6.54. The molecule has 8 heteroatoms. The number of nitrogens with zero attached hydrogens (tertiary/aromatic N) is 3. The second-order valence-corrected chi connectivity index (χ2v) is 8.28. The van der Waals surface area contributed by atoms with E-state index in [9.17, 15) is 8.42 Å². The van der Waals surface area contributed by atoms with Crippen molar-refractivity contribution in [1.29, 1.82) is 0 Å². The van der Waals surface area contributed by atoms with Gasteiger partial charge in [0.15, 0.2) is 0 Å². The summed E-state index contributed by atoms with van der Waals surface area (Å²) in [4.78, 5) is 0.347. The molecule has 1 saturated heterocycles. The van der Waals surface area contributed by atoms with Crippen LogP contribution in [0, 0.1) is 6.92 Å². The van der Waals surface area contributed by atoms with Crippen LogP contribution in [0.5, 0.6) is 0 Å². The predicted octanol–water partition coefficient (Wildman–Crippen LogP) is 1.22. The number of rotatable bonds is 6. The topological polar surface area (TPSA) is 93.2 Å². The third-order valence-electron chi connectivity index (χ3n) is 4.59. The average Bonchev–Trinajstić information content (AvgIpc) is 3.01. The molecule has 7 nitrogen and oxygen atoms in total. The first-order valence-corrected chi connectivity index (χ1v) is 9.99. The molecule has 136 valence electrons. The fraction of sp³-hybridized carbons (Fsp3) is 0.471. The molecule has 2 heterocycles. The number of aromatic nitrogens is 2. The van der Waals surface area contributed by atoms with Gasteiger partial charge in [-0.2, -0.15) is 9.40 Å². The number of nitrogen functional groups attached to an aromatic ring is 1. The van der Waals surface area contributed by atoms with E-state index in [1.165, 1.54) is 0 Å². The van der Waals surface area contributed by atoms with Crippen molar-refractivity contribution >= 4 is 15.8 Å². The highest BCUT2D eigenvalue weighted by Crippen LogP contribution is 2.23. The van der Waals surface area contributed by atoms with Crippen molar-refractivity contribution in [2.45, 2.75) is 37.2 Å². The summed E-state index contributed by atoms with van der Waals surface area (Å²) in [5.41, 5.74) is 6.80. The lowest BCUT2D eigenvalue weighted by Gasteiger charge is -2.33. The number of hydrogen-bond donors (Lipinski definition) is 2. The highest BCUT2D eigenvalue weighted by atomic mass is 32.2. The van der Waals surface area contributed by atoms with Gasteiger partial charge < -0.3 is 11.1 Å². The van der Waals surface area contributed by atoms with Crippen molar-refractivity contribution in [1.82, 2.24) is 19.4 Å². The monoisotopic (exact) mass is 363 g/mol. The normalized spacial score (nSPS) is 16.4. The molecule has 1 aliphatic rings. The Hall–Kier alpha value is -1.90. The summed E-state index contributed by atoms with van der Waals surface area (Å²) < 4.78 is 29.8. The molecule has 0 unspecified atom stereocenters. The Morgan fingerprint density at radius 1 is 1.32 bits per heavy atom. The van der Waals surface area contributed by atoms with Crippen molar-refractivity contribution < 1.29 is 8.42 Å². The van der Waals surface area contributed by atoms with Crippen molar-refractivity contribution in [3.63, 3.8) is 0 Å². The van der Waals surface area contributed by atoms with Gasteiger partial charge >= 0.3 is 0 Å². The highest BCUT2D eigenvalue weighted by molar-refractivity contribution is 7.89. The SMILES string of the molecule is Cc1cccc(S(=O)(=O)N(CCn2nccc2N)C2CCNCC2)c1. The van der Waals surface area contributed by atoms with Gasteiger partial charge in [-0.1, -0.05) is 12.1 Å². The second-order valence-electron chi connectivity index (χ2n) is 6.39. The van der Waals surface area contributed by atoms with Crippen LogP contribution in [-0.4, -0.2) is 48.2 Å². The number of benzene rings is 1. The lowest BCUT2D eigenvalue weighted by molar-refractivity contribution is 0.253. The molecule has 1 aliphatic heterocycles. The molecule has 0 atom stereocenters. The molecule has 0 amide bonds. The molecule has 3 N–H and O–H groups in total. The zero-order valence-electron chi connectivity index (χ0n) is 14.4. The second kappa shape index (κ2) is 7.55. The summed E-state index contributed by atoms with van der Waals surface area (Å²) in [5.74, 6) is 0.540. The van der Waals surface area contributed by atoms with E-state index >= 15 is 0 Å². The molecular formula is C17H25N5O2S. The Morgan fingerprint density at radius 3 is 2.72 bits per heavy atom. The minimum Gasteiger partial charge on any atom is -0.384 e. The molecule has 1 fully saturated rings. The van der Waals surface area contributed by atoms with E-state index in [-0.39, 0.29) is 6.04 Å². The van der Waals surface area contributed by atoms with Crippen LogP contribution in [-0.2, 0) is 16.6 Å². The van der Waals surface area contributed by atoms with Crippen molar-refractivity contribution in [2.24, 2.45) is 0 Å². The Bertz CT molecular complexity index is 812. The van der Waals surface area contributed by atoms with Gasteiger partial charge in [-0.3, -0.25) is 0 Å². The van der Waals surface area contributed by atoms with E-state index in [0.29, 0.717) is 23.8 Å². The number of anilines is 1. The van der Waals surface area contributed by atoms with Crippen molar-refractivity contribution in [3.05, 3.63) is 42.1 Å². The first kappa shape index (κ1) is 17.9. The van der Waals surface area contributed by atoms with Gasteiger partial charge in [0.2, 0.25) is 10.0 Å². The van der Waals surface area contributed by atoms with Crippen molar-refractivity contribution in [2.75, 3.05) is 25.4 Å². The van der Waals surface area contributed by atoms with E-state index in [2.05, 4.69) is 10.4 Å². The first-order chi connectivity index (χ1) is 12.0. The van der Waals surface area contributed by atoms with Gasteiger partial charge in [-0.15, -0.1) is 0 Å². The maximum Gasteiger partial charge on any atom is 0.243 e. The summed E-state index contributed by atoms with van der Waals surface area (Å²) in [7, 11) is -3.57. The van der Waals surface area contributed by atoms with Gasteiger partial charge in [0.25, 0.3) is 0 Å². The van der Waals surface area contributed by atoms with E-state index < -0.39 is 10.0 Å². The van der Waals surface area contributed by atoms with Gasteiger partial charge in [-0.05, 0) is 56.6 Å². The Balaban J connectivity index is 1.88. The molecule has 0 aliphatic carbocycles. The largest absolute Gasteiger partial charge is 0.384 e. The Kier molecular flexibility index (Phi) is 5.41. The molecule has 1 aromatic heterocycles. The molecule has 25 heavy (non-hydrogen) atoms. The lowest BCUT2D eigenvalue weighted by atomic mass is 10.1. The van der Waals surface area contributed by atoms with E-state index in [1.54, 1.807) is 39.4 Å². The van der Waals surface area contributed by atoms with E-state index in [0.717, 1.165) is 31.5 Å². The Labute approximate surface area is 148 Å². The quantitative estimate of drug-likeness (QED) is 0.805. The summed E-state index contributed by atoms with van der Waals surface area (Å²) in [6.45, 7) is 4.35. The number of hydrogen-bond acceptors (Lipinski definition) is 5. The van der Waals surface area contributed by atoms with Crippen LogP contribution >= 0.6 is 0 Å². The summed E-state index contributed by atoms with van der Waals surface area (Å²) >= 11 is 0. The molecule has 0 bridgehead atoms. The van der Waals surface area contributed by atoms with Crippen LogP contribution in [0.1, 0.15) is 18.4 Å². The smallest absolute Gasteiger partial charge is 0.243 e. The zero-order chi connectivity index (χ0) is 17.9. The maximum atomic E-state index is 13.3. The summed E-state index contributed by atoms with van der Waals surface area (Å²) in [6.07, 6.45) is 3.23. The molecule has 0 radical (unpaired) electrons. The van der Waals surface area contributed by atoms with Crippen LogP contribution in [0.2, 0.25) is 0 Å². The third kappa shape index (κ3) is 4.02. The fourth-order valence-electron chi connectivity index (χ4n) is 3.23. The van der Waals surface area contributed by atoms with Gasteiger partial charge in [0.05, 0.1) is 17.6 Å². The Morgan fingerprint density at radius 2 is 2.08 bits per heavy atom. The van der Waals surface area contributed by atoms with Crippen LogP contribution < -0.4 is 11.1 Å². The van der Waals surface area contributed by atoms with E-state index in [1.807, 2.05) is 13.0 Å². The molecule has 2 aromatic rings. The molecule has 1 aromatic carbocycles. The number of nitrogens with one attached hydrogen (secondary N) is 1. The lowest BCUT2D eigenvalue weighted by Crippen LogP contribution is -2.47. The average molecular weight is 363 g/mol. The van der Waals surface area contributed by atoms with Crippen LogP contribution in [0.4, 0.5) is 5.82 Å². The summed E-state index contributed by atoms with van der Waals surface area (Å²) in [5, 5.41) is 7.45. The van der Waals surface area contributed by atoms with Gasteiger partial charge in [0, 0.05) is 12.6 Å². The van der Waals surface area contributed by atoms with Gasteiger partial charge in [-0.25, -0.2) is 13.1 Å². The standard InChI is InChI=1S/C17H25N5O2S/c1-14-3-2-4-16(13-14)25(23,24)22(15-5-8-19-9-6-15)12-11-21-17(18)7-10-20-21/h2-4,7,10,13,15,19H,5-6,8-9,11-12,18H2,1H3. The van der Waals surface area contributed by atoms with Crippen LogP contribution in [0.15, 0.2) is 41.4 Å². The highest BCUT2D eigenvalue weighted by Gasteiger charge is 2.32. The minimum absolute atomic E-state index is 0.0106. The van der Waals surface area contributed by atoms with Crippen LogP contribution in [0.25, 0.3) is 0 Å². The van der Waals surface area contributed by atoms with E-state index in [4.69, 9.17) is 5.73 Å². The number of piperidine rings is 1. The number of aryl methyl sites for hydroxylation is 1. The molecule has 0 spiro atoms. The fourth-order valence-corrected chi connectivity index (χ4v) is 5.01. The zero-order valence-corrected chi connectivity index (χ0v) is 15.2. The van der Waals surface area contributed by atoms with Crippen molar-refractivity contribution in [3.8, 4) is 0 Å². The first-order valence-electron chi connectivity index (χ1n) is 8.55. The van der Waals surface area contributed by atoms with Gasteiger partial charge in [0.1, 0.15) is 5.82 Å². The predicted molar refractivity (Wildman–Crippen MR) is 97.6 cm³/mol.